The maximum Gasteiger partial charge on any atom is 0.326 e. The van der Waals surface area contributed by atoms with E-state index in [0.717, 1.165) is 5.56 Å². The lowest BCUT2D eigenvalue weighted by atomic mass is 10.0. The Kier molecular flexibility index (Phi) is 6.75. The summed E-state index contributed by atoms with van der Waals surface area (Å²) in [6, 6.07) is 5.71. The molecule has 0 aliphatic rings. The Morgan fingerprint density at radius 2 is 2.00 bits per heavy atom. The lowest BCUT2D eigenvalue weighted by Crippen LogP contribution is -2.45. The third kappa shape index (κ3) is 6.31. The van der Waals surface area contributed by atoms with Crippen LogP contribution in [0.15, 0.2) is 30.5 Å². The normalized spacial score (nSPS) is 12.4. The van der Waals surface area contributed by atoms with Gasteiger partial charge in [0.25, 0.3) is 0 Å². The van der Waals surface area contributed by atoms with Crippen LogP contribution in [0.2, 0.25) is 5.02 Å². The van der Waals surface area contributed by atoms with E-state index in [1.807, 2.05) is 26.0 Å². The number of rotatable bonds is 6. The molecule has 1 atom stereocenters. The first-order chi connectivity index (χ1) is 9.90. The molecule has 0 fully saturated rings. The average Bonchev–Trinajstić information content (AvgIpc) is 2.39. The van der Waals surface area contributed by atoms with Gasteiger partial charge in [-0.25, -0.2) is 9.59 Å². The van der Waals surface area contributed by atoms with Crippen LogP contribution in [0.25, 0.3) is 6.08 Å². The summed E-state index contributed by atoms with van der Waals surface area (Å²) in [6.45, 7) is 3.79. The number of hydrogen-bond donors (Lipinski definition) is 3. The van der Waals surface area contributed by atoms with Crippen LogP contribution in [0, 0.1) is 5.92 Å². The number of nitrogens with one attached hydrogen (secondary N) is 2. The first kappa shape index (κ1) is 17.0. The summed E-state index contributed by atoms with van der Waals surface area (Å²) in [7, 11) is 0. The summed E-state index contributed by atoms with van der Waals surface area (Å²) in [5.74, 6) is -0.876. The summed E-state index contributed by atoms with van der Waals surface area (Å²) in [5, 5.41) is 14.5. The van der Waals surface area contributed by atoms with Crippen molar-refractivity contribution in [2.45, 2.75) is 26.3 Å². The molecular formula is C15H19ClN2O3. The molecule has 1 aromatic carbocycles. The minimum atomic E-state index is -1.05. The van der Waals surface area contributed by atoms with Crippen LogP contribution in [0.4, 0.5) is 4.79 Å². The first-order valence-electron chi connectivity index (χ1n) is 6.61. The highest BCUT2D eigenvalue weighted by Crippen LogP contribution is 2.15. The van der Waals surface area contributed by atoms with Crippen LogP contribution in [-0.4, -0.2) is 23.1 Å². The number of amides is 2. The molecule has 1 aromatic rings. The summed E-state index contributed by atoms with van der Waals surface area (Å²) < 4.78 is 0. The van der Waals surface area contributed by atoms with E-state index < -0.39 is 18.0 Å². The quantitative estimate of drug-likeness (QED) is 0.755. The molecule has 0 radical (unpaired) electrons. The Morgan fingerprint density at radius 3 is 2.57 bits per heavy atom. The molecule has 2 amide bonds. The molecule has 0 heterocycles. The topological polar surface area (TPSA) is 78.4 Å². The van der Waals surface area contributed by atoms with Gasteiger partial charge in [0, 0.05) is 11.2 Å². The van der Waals surface area contributed by atoms with Gasteiger partial charge in [-0.3, -0.25) is 0 Å². The molecule has 0 aliphatic carbocycles. The predicted octanol–water partition coefficient (Wildman–Crippen LogP) is 3.11. The summed E-state index contributed by atoms with van der Waals surface area (Å²) in [5.41, 5.74) is 0.761. The lowest BCUT2D eigenvalue weighted by molar-refractivity contribution is -0.139. The van der Waals surface area contributed by atoms with E-state index >= 15 is 0 Å². The number of carboxylic acids is 1. The maximum absolute atomic E-state index is 11.6. The van der Waals surface area contributed by atoms with Crippen molar-refractivity contribution in [2.75, 3.05) is 0 Å². The standard InChI is InChI=1S/C15H19ClN2O3/c1-10(2)9-13(14(19)20)18-15(21)17-8-7-11-5-3-4-6-12(11)16/h3-8,10,13H,9H2,1-2H3,(H,19,20)(H2,17,18,21)/b8-7+. The molecule has 1 unspecified atom stereocenters. The van der Waals surface area contributed by atoms with Crippen molar-refractivity contribution >= 4 is 29.7 Å². The number of carboxylic acid groups (broad SMARTS) is 1. The molecule has 5 nitrogen and oxygen atoms in total. The van der Waals surface area contributed by atoms with Crippen LogP contribution in [-0.2, 0) is 4.79 Å². The number of carbonyl (C=O) groups excluding carboxylic acids is 1. The number of hydrogen-bond acceptors (Lipinski definition) is 2. The van der Waals surface area contributed by atoms with Crippen molar-refractivity contribution in [3.05, 3.63) is 41.1 Å². The molecular weight excluding hydrogens is 292 g/mol. The molecule has 6 heteroatoms. The average molecular weight is 311 g/mol. The fraction of sp³-hybridized carbons (Fsp3) is 0.333. The Balaban J connectivity index is 2.53. The maximum atomic E-state index is 11.6. The molecule has 0 aliphatic heterocycles. The third-order valence-electron chi connectivity index (χ3n) is 2.69. The Hall–Kier alpha value is -2.01. The van der Waals surface area contributed by atoms with E-state index in [1.54, 1.807) is 18.2 Å². The molecule has 3 N–H and O–H groups in total. The Bertz CT molecular complexity index is 529. The molecule has 0 bridgehead atoms. The van der Waals surface area contributed by atoms with Gasteiger partial charge in [-0.05, 0) is 30.0 Å². The van der Waals surface area contributed by atoms with Crippen molar-refractivity contribution in [2.24, 2.45) is 5.92 Å². The van der Waals surface area contributed by atoms with E-state index in [0.29, 0.717) is 11.4 Å². The van der Waals surface area contributed by atoms with Gasteiger partial charge in [-0.15, -0.1) is 0 Å². The fourth-order valence-corrected chi connectivity index (χ4v) is 1.91. The van der Waals surface area contributed by atoms with Gasteiger partial charge in [0.2, 0.25) is 0 Å². The lowest BCUT2D eigenvalue weighted by Gasteiger charge is -2.16. The van der Waals surface area contributed by atoms with Crippen molar-refractivity contribution < 1.29 is 14.7 Å². The minimum Gasteiger partial charge on any atom is -0.480 e. The fourth-order valence-electron chi connectivity index (χ4n) is 1.71. The zero-order chi connectivity index (χ0) is 15.8. The van der Waals surface area contributed by atoms with Gasteiger partial charge >= 0.3 is 12.0 Å². The van der Waals surface area contributed by atoms with E-state index in [4.69, 9.17) is 16.7 Å². The van der Waals surface area contributed by atoms with E-state index in [9.17, 15) is 9.59 Å². The first-order valence-corrected chi connectivity index (χ1v) is 6.99. The van der Waals surface area contributed by atoms with Gasteiger partial charge in [-0.1, -0.05) is 43.6 Å². The smallest absolute Gasteiger partial charge is 0.326 e. The molecule has 114 valence electrons. The molecule has 0 aromatic heterocycles. The van der Waals surface area contributed by atoms with Crippen LogP contribution in [0.5, 0.6) is 0 Å². The SMILES string of the molecule is CC(C)CC(NC(=O)N/C=C/c1ccccc1Cl)C(=O)O. The molecule has 21 heavy (non-hydrogen) atoms. The molecule has 1 rings (SSSR count). The van der Waals surface area contributed by atoms with Crippen molar-refractivity contribution in [1.82, 2.24) is 10.6 Å². The number of benzene rings is 1. The monoisotopic (exact) mass is 310 g/mol. The number of halogens is 1. The Labute approximate surface area is 129 Å². The second-order valence-electron chi connectivity index (χ2n) is 4.99. The van der Waals surface area contributed by atoms with Gasteiger partial charge in [0.15, 0.2) is 0 Å². The van der Waals surface area contributed by atoms with Gasteiger partial charge in [-0.2, -0.15) is 0 Å². The largest absolute Gasteiger partial charge is 0.480 e. The highest BCUT2D eigenvalue weighted by molar-refractivity contribution is 6.32. The summed E-state index contributed by atoms with van der Waals surface area (Å²) in [4.78, 5) is 22.7. The predicted molar refractivity (Wildman–Crippen MR) is 83.0 cm³/mol. The molecule has 0 saturated heterocycles. The van der Waals surface area contributed by atoms with Gasteiger partial charge in [0.05, 0.1) is 0 Å². The van der Waals surface area contributed by atoms with E-state index in [2.05, 4.69) is 10.6 Å². The second kappa shape index (κ2) is 8.32. The number of urea groups is 1. The van der Waals surface area contributed by atoms with Crippen LogP contribution in [0.3, 0.4) is 0 Å². The Morgan fingerprint density at radius 1 is 1.33 bits per heavy atom. The number of carbonyl (C=O) groups is 2. The highest BCUT2D eigenvalue weighted by atomic mass is 35.5. The molecule has 0 saturated carbocycles. The second-order valence-corrected chi connectivity index (χ2v) is 5.40. The highest BCUT2D eigenvalue weighted by Gasteiger charge is 2.20. The van der Waals surface area contributed by atoms with Crippen LogP contribution in [0.1, 0.15) is 25.8 Å². The zero-order valence-corrected chi connectivity index (χ0v) is 12.7. The number of aliphatic carboxylic acids is 1. The van der Waals surface area contributed by atoms with E-state index in [-0.39, 0.29) is 5.92 Å². The minimum absolute atomic E-state index is 0.171. The summed E-state index contributed by atoms with van der Waals surface area (Å²) in [6.07, 6.45) is 3.43. The van der Waals surface area contributed by atoms with Gasteiger partial charge in [0.1, 0.15) is 6.04 Å². The van der Waals surface area contributed by atoms with Crippen molar-refractivity contribution in [1.29, 1.82) is 0 Å². The third-order valence-corrected chi connectivity index (χ3v) is 3.04. The van der Waals surface area contributed by atoms with Crippen LogP contribution < -0.4 is 10.6 Å². The molecule has 0 spiro atoms. The van der Waals surface area contributed by atoms with E-state index in [1.165, 1.54) is 6.20 Å². The van der Waals surface area contributed by atoms with Gasteiger partial charge < -0.3 is 15.7 Å². The van der Waals surface area contributed by atoms with Crippen molar-refractivity contribution in [3.63, 3.8) is 0 Å². The zero-order valence-electron chi connectivity index (χ0n) is 12.0. The van der Waals surface area contributed by atoms with Crippen molar-refractivity contribution in [3.8, 4) is 0 Å². The van der Waals surface area contributed by atoms with Crippen LogP contribution >= 0.6 is 11.6 Å². The summed E-state index contributed by atoms with van der Waals surface area (Å²) >= 11 is 5.97.